The van der Waals surface area contributed by atoms with Gasteiger partial charge in [-0.1, -0.05) is 19.9 Å². The quantitative estimate of drug-likeness (QED) is 0.806. The van der Waals surface area contributed by atoms with Gasteiger partial charge in [0.1, 0.15) is 11.6 Å². The van der Waals surface area contributed by atoms with E-state index in [1.165, 1.54) is 6.07 Å². The molecule has 0 bridgehead atoms. The van der Waals surface area contributed by atoms with Gasteiger partial charge in [-0.25, -0.2) is 17.2 Å². The van der Waals surface area contributed by atoms with Crippen LogP contribution in [0, 0.1) is 17.6 Å². The van der Waals surface area contributed by atoms with Gasteiger partial charge in [-0.2, -0.15) is 0 Å². The molecule has 1 aromatic carbocycles. The first kappa shape index (κ1) is 15.8. The minimum Gasteiger partial charge on any atom is -0.296 e. The third kappa shape index (κ3) is 3.21. The zero-order valence-electron chi connectivity index (χ0n) is 11.2. The van der Waals surface area contributed by atoms with Gasteiger partial charge >= 0.3 is 0 Å². The Labute approximate surface area is 125 Å². The highest BCUT2D eigenvalue weighted by Gasteiger charge is 2.26. The Kier molecular flexibility index (Phi) is 4.29. The normalized spacial score (nSPS) is 12.1. The molecule has 0 N–H and O–H groups in total. The van der Waals surface area contributed by atoms with Crippen LogP contribution < -0.4 is 0 Å². The lowest BCUT2D eigenvalue weighted by molar-refractivity contribution is 0.485. The van der Waals surface area contributed by atoms with E-state index in [1.807, 2.05) is 13.8 Å². The van der Waals surface area contributed by atoms with Crippen LogP contribution in [-0.4, -0.2) is 23.2 Å². The summed E-state index contributed by atoms with van der Waals surface area (Å²) in [5.41, 5.74) is -0.433. The van der Waals surface area contributed by atoms with Crippen molar-refractivity contribution in [3.8, 4) is 11.4 Å². The largest absolute Gasteiger partial charge is 0.296 e. The number of benzene rings is 1. The van der Waals surface area contributed by atoms with Gasteiger partial charge < -0.3 is 0 Å². The number of hydrogen-bond donors (Lipinski definition) is 0. The first-order chi connectivity index (χ1) is 9.71. The van der Waals surface area contributed by atoms with Gasteiger partial charge in [-0.05, 0) is 18.1 Å². The highest BCUT2D eigenvalue weighted by atomic mass is 35.7. The summed E-state index contributed by atoms with van der Waals surface area (Å²) in [5, 5.41) is 6.52. The van der Waals surface area contributed by atoms with Crippen LogP contribution >= 0.6 is 10.7 Å². The molecule has 0 saturated carbocycles. The van der Waals surface area contributed by atoms with E-state index in [4.69, 9.17) is 10.7 Å². The van der Waals surface area contributed by atoms with Crippen molar-refractivity contribution in [1.29, 1.82) is 0 Å². The minimum atomic E-state index is -4.18. The summed E-state index contributed by atoms with van der Waals surface area (Å²) in [7, 11) is 1.11. The van der Waals surface area contributed by atoms with E-state index in [2.05, 4.69) is 10.2 Å². The third-order valence-corrected chi connectivity index (χ3v) is 3.82. The lowest BCUT2D eigenvalue weighted by Crippen LogP contribution is -2.12. The highest BCUT2D eigenvalue weighted by molar-refractivity contribution is 8.13. The molecule has 0 aliphatic heterocycles. The SMILES string of the molecule is CC(C)Cn1c(-c2c(F)cccc2F)nnc1S(=O)(=O)Cl. The fourth-order valence-electron chi connectivity index (χ4n) is 1.90. The second-order valence-corrected chi connectivity index (χ2v) is 7.30. The van der Waals surface area contributed by atoms with Crippen molar-refractivity contribution in [3.05, 3.63) is 29.8 Å². The molecule has 2 aromatic rings. The maximum absolute atomic E-state index is 13.9. The van der Waals surface area contributed by atoms with Crippen LogP contribution in [0.3, 0.4) is 0 Å². The van der Waals surface area contributed by atoms with Crippen molar-refractivity contribution in [2.24, 2.45) is 5.92 Å². The average Bonchev–Trinajstić information content (AvgIpc) is 2.71. The molecule has 0 amide bonds. The third-order valence-electron chi connectivity index (χ3n) is 2.67. The van der Waals surface area contributed by atoms with E-state index in [1.54, 1.807) is 0 Å². The van der Waals surface area contributed by atoms with E-state index in [-0.39, 0.29) is 18.3 Å². The Bertz CT molecular complexity index is 755. The maximum atomic E-state index is 13.9. The van der Waals surface area contributed by atoms with E-state index in [0.717, 1.165) is 16.7 Å². The van der Waals surface area contributed by atoms with Crippen LogP contribution in [0.4, 0.5) is 8.78 Å². The first-order valence-electron chi connectivity index (χ1n) is 6.04. The van der Waals surface area contributed by atoms with Gasteiger partial charge in [0.2, 0.25) is 0 Å². The van der Waals surface area contributed by atoms with Crippen LogP contribution in [0.5, 0.6) is 0 Å². The van der Waals surface area contributed by atoms with Crippen LogP contribution in [0.25, 0.3) is 11.4 Å². The number of rotatable bonds is 4. The second kappa shape index (κ2) is 5.69. The molecule has 0 atom stereocenters. The Morgan fingerprint density at radius 1 is 1.24 bits per heavy atom. The fourth-order valence-corrected chi connectivity index (χ4v) is 2.80. The van der Waals surface area contributed by atoms with E-state index >= 15 is 0 Å². The van der Waals surface area contributed by atoms with Crippen LogP contribution in [0.15, 0.2) is 23.4 Å². The molecule has 114 valence electrons. The molecule has 0 radical (unpaired) electrons. The van der Waals surface area contributed by atoms with Crippen molar-refractivity contribution in [3.63, 3.8) is 0 Å². The zero-order valence-corrected chi connectivity index (χ0v) is 12.8. The predicted molar refractivity (Wildman–Crippen MR) is 73.3 cm³/mol. The smallest absolute Gasteiger partial charge is 0.296 e. The molecule has 2 rings (SSSR count). The van der Waals surface area contributed by atoms with Gasteiger partial charge in [0.05, 0.1) is 5.56 Å². The Morgan fingerprint density at radius 2 is 1.81 bits per heavy atom. The molecule has 0 saturated heterocycles. The Balaban J connectivity index is 2.73. The maximum Gasteiger partial charge on any atom is 0.296 e. The molecule has 9 heteroatoms. The molecular formula is C12H12ClF2N3O2S. The number of aromatic nitrogens is 3. The molecule has 0 fully saturated rings. The van der Waals surface area contributed by atoms with E-state index in [9.17, 15) is 17.2 Å². The number of nitrogens with zero attached hydrogens (tertiary/aromatic N) is 3. The minimum absolute atomic E-state index is 0.00764. The van der Waals surface area contributed by atoms with Crippen molar-refractivity contribution >= 4 is 19.7 Å². The molecule has 21 heavy (non-hydrogen) atoms. The summed E-state index contributed by atoms with van der Waals surface area (Å²) in [6, 6.07) is 3.32. The Hall–Kier alpha value is -1.54. The van der Waals surface area contributed by atoms with Gasteiger partial charge in [-0.3, -0.25) is 4.57 Å². The molecule has 0 aliphatic rings. The lowest BCUT2D eigenvalue weighted by atomic mass is 10.1. The molecule has 0 aliphatic carbocycles. The van der Waals surface area contributed by atoms with Crippen molar-refractivity contribution in [2.45, 2.75) is 25.5 Å². The first-order valence-corrected chi connectivity index (χ1v) is 8.35. The van der Waals surface area contributed by atoms with E-state index < -0.39 is 31.4 Å². The molecular weight excluding hydrogens is 324 g/mol. The summed E-state index contributed by atoms with van der Waals surface area (Å²) in [6.45, 7) is 3.77. The van der Waals surface area contributed by atoms with Crippen molar-refractivity contribution in [2.75, 3.05) is 0 Å². The molecule has 0 spiro atoms. The van der Waals surface area contributed by atoms with Gasteiger partial charge in [0.25, 0.3) is 14.2 Å². The van der Waals surface area contributed by atoms with Crippen LogP contribution in [0.2, 0.25) is 0 Å². The summed E-state index contributed by atoms with van der Waals surface area (Å²) in [4.78, 5) is 0. The van der Waals surface area contributed by atoms with Gasteiger partial charge in [0.15, 0.2) is 5.82 Å². The average molecular weight is 336 g/mol. The summed E-state index contributed by atoms with van der Waals surface area (Å²) in [5.74, 6) is -1.93. The summed E-state index contributed by atoms with van der Waals surface area (Å²) < 4.78 is 51.8. The predicted octanol–water partition coefficient (Wildman–Crippen LogP) is 2.81. The van der Waals surface area contributed by atoms with Crippen LogP contribution in [0.1, 0.15) is 13.8 Å². The standard InChI is InChI=1S/C12H12ClF2N3O2S/c1-7(2)6-18-11(16-17-12(18)21(13,19)20)10-8(14)4-3-5-9(10)15/h3-5,7H,6H2,1-2H3. The molecule has 0 unspecified atom stereocenters. The monoisotopic (exact) mass is 335 g/mol. The van der Waals surface area contributed by atoms with E-state index in [0.29, 0.717) is 0 Å². The summed E-state index contributed by atoms with van der Waals surface area (Å²) >= 11 is 0. The molecule has 1 heterocycles. The van der Waals surface area contributed by atoms with Gasteiger partial charge in [0, 0.05) is 17.2 Å². The fraction of sp³-hybridized carbons (Fsp3) is 0.333. The molecule has 5 nitrogen and oxygen atoms in total. The Morgan fingerprint density at radius 3 is 2.29 bits per heavy atom. The van der Waals surface area contributed by atoms with Gasteiger partial charge in [-0.15, -0.1) is 10.2 Å². The zero-order chi connectivity index (χ0) is 15.8. The number of halogens is 3. The second-order valence-electron chi connectivity index (χ2n) is 4.85. The van der Waals surface area contributed by atoms with Crippen molar-refractivity contribution < 1.29 is 17.2 Å². The lowest BCUT2D eigenvalue weighted by Gasteiger charge is -2.12. The number of hydrogen-bond acceptors (Lipinski definition) is 4. The van der Waals surface area contributed by atoms with Crippen LogP contribution in [-0.2, 0) is 15.6 Å². The highest BCUT2D eigenvalue weighted by Crippen LogP contribution is 2.27. The van der Waals surface area contributed by atoms with Crippen molar-refractivity contribution in [1.82, 2.24) is 14.8 Å². The topological polar surface area (TPSA) is 64.8 Å². The molecule has 1 aromatic heterocycles. The summed E-state index contributed by atoms with van der Waals surface area (Å²) in [6.07, 6.45) is 0.